The van der Waals surface area contributed by atoms with Crippen LogP contribution in [0, 0.1) is 20.8 Å². The summed E-state index contributed by atoms with van der Waals surface area (Å²) in [4.78, 5) is 18.6. The fourth-order valence-electron chi connectivity index (χ4n) is 4.85. The summed E-state index contributed by atoms with van der Waals surface area (Å²) in [5.74, 6) is 0.598. The van der Waals surface area contributed by atoms with Crippen LogP contribution in [0.4, 0.5) is 5.82 Å². The molecule has 0 unspecified atom stereocenters. The molecule has 170 valence electrons. The smallest absolute Gasteiger partial charge is 0.257 e. The van der Waals surface area contributed by atoms with E-state index < -0.39 is 0 Å². The Morgan fingerprint density at radius 1 is 1.06 bits per heavy atom. The van der Waals surface area contributed by atoms with Crippen LogP contribution < -0.4 is 5.32 Å². The number of pyridine rings is 1. The zero-order valence-electron chi connectivity index (χ0n) is 19.7. The zero-order valence-corrected chi connectivity index (χ0v) is 19.7. The minimum Gasteiger partial charge on any atom is -0.307 e. The van der Waals surface area contributed by atoms with Crippen LogP contribution in [-0.2, 0) is 6.54 Å². The van der Waals surface area contributed by atoms with E-state index in [2.05, 4.69) is 34.6 Å². The number of carbonyl (C=O) groups excluding carboxylic acids is 1. The first kappa shape index (κ1) is 21.4. The quantitative estimate of drug-likeness (QED) is 0.436. The van der Waals surface area contributed by atoms with Gasteiger partial charge in [0.1, 0.15) is 5.82 Å². The van der Waals surface area contributed by atoms with Crippen molar-refractivity contribution < 1.29 is 4.79 Å². The Balaban J connectivity index is 1.60. The van der Waals surface area contributed by atoms with E-state index in [4.69, 9.17) is 4.98 Å². The van der Waals surface area contributed by atoms with Crippen molar-refractivity contribution in [2.24, 2.45) is 0 Å². The molecule has 5 rings (SSSR count). The van der Waals surface area contributed by atoms with Gasteiger partial charge in [0, 0.05) is 18.2 Å². The Bertz CT molecular complexity index is 1330. The van der Waals surface area contributed by atoms with Crippen molar-refractivity contribution in [3.8, 4) is 11.3 Å². The number of nitrogens with one attached hydrogen (secondary N) is 1. The highest BCUT2D eigenvalue weighted by Gasteiger charge is 2.24. The number of carbonyl (C=O) groups is 1. The lowest BCUT2D eigenvalue weighted by Gasteiger charge is -2.15. The predicted octanol–water partition coefficient (Wildman–Crippen LogP) is 5.61. The van der Waals surface area contributed by atoms with Crippen molar-refractivity contribution in [3.63, 3.8) is 0 Å². The summed E-state index contributed by atoms with van der Waals surface area (Å²) in [7, 11) is 0. The maximum atomic E-state index is 13.7. The second-order valence-electron chi connectivity index (χ2n) is 9.03. The van der Waals surface area contributed by atoms with E-state index in [1.165, 1.54) is 18.4 Å². The van der Waals surface area contributed by atoms with Crippen LogP contribution >= 0.6 is 0 Å². The van der Waals surface area contributed by atoms with Gasteiger partial charge in [-0.1, -0.05) is 42.7 Å². The minimum atomic E-state index is -0.159. The van der Waals surface area contributed by atoms with E-state index in [1.807, 2.05) is 54.4 Å². The Hall–Kier alpha value is -3.48. The largest absolute Gasteiger partial charge is 0.307 e. The molecule has 7 heteroatoms. The lowest BCUT2D eigenvalue weighted by atomic mass is 10.0. The molecule has 4 aromatic rings. The fourth-order valence-corrected chi connectivity index (χ4v) is 4.85. The summed E-state index contributed by atoms with van der Waals surface area (Å²) in [5, 5.41) is 13.3. The van der Waals surface area contributed by atoms with Gasteiger partial charge in [-0.15, -0.1) is 0 Å². The molecule has 1 aliphatic rings. The predicted molar refractivity (Wildman–Crippen MR) is 131 cm³/mol. The Morgan fingerprint density at radius 2 is 1.79 bits per heavy atom. The second kappa shape index (κ2) is 8.46. The maximum absolute atomic E-state index is 13.7. The highest BCUT2D eigenvalue weighted by molar-refractivity contribution is 6.13. The Kier molecular flexibility index (Phi) is 5.48. The number of aryl methyl sites for hydroxylation is 4. The van der Waals surface area contributed by atoms with Crippen LogP contribution in [0.5, 0.6) is 0 Å². The van der Waals surface area contributed by atoms with Gasteiger partial charge in [-0.05, 0) is 46.6 Å². The number of nitrogens with zero attached hydrogens (tertiary/aromatic N) is 5. The molecule has 0 spiro atoms. The molecular weight excluding hydrogens is 412 g/mol. The normalized spacial score (nSPS) is 14.3. The standard InChI is InChI=1S/C26H30N6O/c1-5-31-25-24(18(4)30-31)21(15-22(27-25)19-12-10-16(2)11-13-19)26(33)28-23-14-17(3)29-32(23)20-8-6-7-9-20/h10-15,20H,5-9H2,1-4H3,(H,28,33). The monoisotopic (exact) mass is 442 g/mol. The zero-order chi connectivity index (χ0) is 23.1. The van der Waals surface area contributed by atoms with Crippen molar-refractivity contribution in [1.82, 2.24) is 24.5 Å². The maximum Gasteiger partial charge on any atom is 0.257 e. The van der Waals surface area contributed by atoms with Gasteiger partial charge in [0.05, 0.1) is 34.1 Å². The van der Waals surface area contributed by atoms with Crippen LogP contribution in [-0.4, -0.2) is 30.5 Å². The van der Waals surface area contributed by atoms with E-state index in [1.54, 1.807) is 0 Å². The molecule has 1 N–H and O–H groups in total. The van der Waals surface area contributed by atoms with Crippen molar-refractivity contribution >= 4 is 22.8 Å². The third-order valence-corrected chi connectivity index (χ3v) is 6.54. The highest BCUT2D eigenvalue weighted by Crippen LogP contribution is 2.33. The van der Waals surface area contributed by atoms with Gasteiger partial charge in [0.2, 0.25) is 0 Å². The molecule has 1 amide bonds. The van der Waals surface area contributed by atoms with Gasteiger partial charge in [-0.2, -0.15) is 10.2 Å². The molecule has 1 aliphatic carbocycles. The number of fused-ring (bicyclic) bond motifs is 1. The van der Waals surface area contributed by atoms with Crippen molar-refractivity contribution in [3.05, 3.63) is 58.9 Å². The van der Waals surface area contributed by atoms with Crippen LogP contribution in [0.15, 0.2) is 36.4 Å². The molecule has 1 fully saturated rings. The van der Waals surface area contributed by atoms with Crippen LogP contribution in [0.3, 0.4) is 0 Å². The molecule has 0 bridgehead atoms. The molecular formula is C26H30N6O. The fraction of sp³-hybridized carbons (Fsp3) is 0.385. The van der Waals surface area contributed by atoms with E-state index >= 15 is 0 Å². The van der Waals surface area contributed by atoms with Crippen molar-refractivity contribution in [1.29, 1.82) is 0 Å². The van der Waals surface area contributed by atoms with Crippen LogP contribution in [0.25, 0.3) is 22.3 Å². The number of benzene rings is 1. The molecule has 0 saturated heterocycles. The molecule has 3 heterocycles. The summed E-state index contributed by atoms with van der Waals surface area (Å²) in [6.45, 7) is 8.69. The van der Waals surface area contributed by atoms with E-state index in [0.29, 0.717) is 18.2 Å². The summed E-state index contributed by atoms with van der Waals surface area (Å²) in [6, 6.07) is 12.4. The molecule has 0 aliphatic heterocycles. The summed E-state index contributed by atoms with van der Waals surface area (Å²) in [5.41, 5.74) is 5.96. The number of hydrogen-bond donors (Lipinski definition) is 1. The topological polar surface area (TPSA) is 77.6 Å². The molecule has 3 aromatic heterocycles. The third-order valence-electron chi connectivity index (χ3n) is 6.54. The SMILES string of the molecule is CCn1nc(C)c2c(C(=O)Nc3cc(C)nn3C3CCCC3)cc(-c3ccc(C)cc3)nc21. The van der Waals surface area contributed by atoms with Crippen molar-refractivity contribution in [2.75, 3.05) is 5.32 Å². The number of amides is 1. The average molecular weight is 443 g/mol. The summed E-state index contributed by atoms with van der Waals surface area (Å²) < 4.78 is 3.87. The number of aromatic nitrogens is 5. The number of hydrogen-bond acceptors (Lipinski definition) is 4. The first-order valence-electron chi connectivity index (χ1n) is 11.8. The summed E-state index contributed by atoms with van der Waals surface area (Å²) >= 11 is 0. The number of anilines is 1. The van der Waals surface area contributed by atoms with E-state index in [0.717, 1.165) is 52.3 Å². The molecule has 1 saturated carbocycles. The molecule has 7 nitrogen and oxygen atoms in total. The van der Waals surface area contributed by atoms with Gasteiger partial charge in [0.25, 0.3) is 5.91 Å². The first-order chi connectivity index (χ1) is 15.9. The Morgan fingerprint density at radius 3 is 2.48 bits per heavy atom. The van der Waals surface area contributed by atoms with Gasteiger partial charge in [0.15, 0.2) is 5.65 Å². The highest BCUT2D eigenvalue weighted by atomic mass is 16.1. The van der Waals surface area contributed by atoms with Gasteiger partial charge in [-0.3, -0.25) is 4.79 Å². The van der Waals surface area contributed by atoms with E-state index in [-0.39, 0.29) is 5.91 Å². The lowest BCUT2D eigenvalue weighted by molar-refractivity contribution is 0.102. The van der Waals surface area contributed by atoms with Crippen LogP contribution in [0.2, 0.25) is 0 Å². The van der Waals surface area contributed by atoms with E-state index in [9.17, 15) is 4.79 Å². The third kappa shape index (κ3) is 3.92. The Labute approximate surface area is 193 Å². The molecule has 1 aromatic carbocycles. The molecule has 0 radical (unpaired) electrons. The van der Waals surface area contributed by atoms with Gasteiger partial charge >= 0.3 is 0 Å². The van der Waals surface area contributed by atoms with Crippen LogP contribution in [0.1, 0.15) is 66.0 Å². The van der Waals surface area contributed by atoms with Gasteiger partial charge < -0.3 is 5.32 Å². The number of rotatable bonds is 5. The van der Waals surface area contributed by atoms with Crippen molar-refractivity contribution in [2.45, 2.75) is 66.0 Å². The minimum absolute atomic E-state index is 0.159. The molecule has 0 atom stereocenters. The second-order valence-corrected chi connectivity index (χ2v) is 9.03. The lowest BCUT2D eigenvalue weighted by Crippen LogP contribution is -2.18. The molecule has 33 heavy (non-hydrogen) atoms. The first-order valence-corrected chi connectivity index (χ1v) is 11.8. The average Bonchev–Trinajstić information content (AvgIpc) is 3.53. The summed E-state index contributed by atoms with van der Waals surface area (Å²) in [6.07, 6.45) is 4.61. The van der Waals surface area contributed by atoms with Gasteiger partial charge in [-0.25, -0.2) is 14.3 Å².